The first-order chi connectivity index (χ1) is 19.3. The highest BCUT2D eigenvalue weighted by Crippen LogP contribution is 2.30. The van der Waals surface area contributed by atoms with Crippen LogP contribution in [0, 0.1) is 11.3 Å². The standard InChI is InChI=1S/C30H43ClFN5O4/c1-8-41-24-15-23(32)22(31)14-21(24)28(39)34-18-30(3,4)16-25(38)36-27(26(33-5)19(2)17-37(6)7)29(40)35-20-12-10-9-11-13-20/h9-13,15,19,22,33H,8,14,16-18H2,1-7H3,(H,34,39)(H,35,40)(H,36,38)/b27-26+/t19-,22?/m1/s1. The van der Waals surface area contributed by atoms with Gasteiger partial charge in [-0.15, -0.1) is 11.6 Å². The summed E-state index contributed by atoms with van der Waals surface area (Å²) in [6.07, 6.45) is 1.15. The lowest BCUT2D eigenvalue weighted by molar-refractivity contribution is -0.124. The Morgan fingerprint density at radius 1 is 1.20 bits per heavy atom. The van der Waals surface area contributed by atoms with Crippen molar-refractivity contribution in [1.82, 2.24) is 20.9 Å². The van der Waals surface area contributed by atoms with Gasteiger partial charge < -0.3 is 30.9 Å². The van der Waals surface area contributed by atoms with E-state index in [1.807, 2.05) is 58.0 Å². The van der Waals surface area contributed by atoms with Crippen LogP contribution in [-0.4, -0.2) is 68.8 Å². The van der Waals surface area contributed by atoms with Crippen LogP contribution in [-0.2, 0) is 19.1 Å². The quantitative estimate of drug-likeness (QED) is 0.192. The van der Waals surface area contributed by atoms with Crippen LogP contribution < -0.4 is 21.3 Å². The van der Waals surface area contributed by atoms with Crippen LogP contribution in [0.15, 0.2) is 65.0 Å². The number of amides is 3. The van der Waals surface area contributed by atoms with Crippen molar-refractivity contribution in [1.29, 1.82) is 0 Å². The Kier molecular flexibility index (Phi) is 12.9. The van der Waals surface area contributed by atoms with E-state index in [1.165, 1.54) is 0 Å². The van der Waals surface area contributed by atoms with Crippen LogP contribution >= 0.6 is 11.6 Å². The Hall–Kier alpha value is -3.37. The number of halogens is 2. The fraction of sp³-hybridized carbons (Fsp3) is 0.500. The molecule has 0 spiro atoms. The second kappa shape index (κ2) is 15.6. The minimum Gasteiger partial charge on any atom is -0.493 e. The molecule has 1 aromatic rings. The van der Waals surface area contributed by atoms with E-state index in [1.54, 1.807) is 26.1 Å². The Labute approximate surface area is 247 Å². The Morgan fingerprint density at radius 3 is 2.44 bits per heavy atom. The van der Waals surface area contributed by atoms with Crippen molar-refractivity contribution in [3.63, 3.8) is 0 Å². The molecule has 4 N–H and O–H groups in total. The van der Waals surface area contributed by atoms with E-state index in [0.29, 0.717) is 17.9 Å². The number of ether oxygens (including phenoxy) is 1. The molecule has 2 rings (SSSR count). The molecule has 0 radical (unpaired) electrons. The van der Waals surface area contributed by atoms with Crippen LogP contribution in [0.1, 0.15) is 40.5 Å². The van der Waals surface area contributed by atoms with Gasteiger partial charge in [-0.3, -0.25) is 14.4 Å². The number of hydrogen-bond acceptors (Lipinski definition) is 6. The molecule has 0 saturated heterocycles. The Bertz CT molecular complexity index is 1180. The lowest BCUT2D eigenvalue weighted by atomic mass is 9.88. The molecular weight excluding hydrogens is 549 g/mol. The molecule has 0 aromatic heterocycles. The number of hydrogen-bond donors (Lipinski definition) is 4. The predicted octanol–water partition coefficient (Wildman–Crippen LogP) is 4.06. The largest absolute Gasteiger partial charge is 0.493 e. The summed E-state index contributed by atoms with van der Waals surface area (Å²) < 4.78 is 19.4. The molecule has 41 heavy (non-hydrogen) atoms. The normalized spacial score (nSPS) is 16.8. The SMILES string of the molecule is CCOC1=C(C(=O)NCC(C)(C)CC(=O)N/C(C(=O)Nc2ccccc2)=C(/NC)[C@H](C)CN(C)C)CC(Cl)C(F)=C1. The van der Waals surface area contributed by atoms with Gasteiger partial charge in [0.05, 0.1) is 17.6 Å². The molecule has 1 aromatic carbocycles. The third kappa shape index (κ3) is 10.5. The first kappa shape index (κ1) is 33.8. The lowest BCUT2D eigenvalue weighted by Crippen LogP contribution is -2.41. The third-order valence-electron chi connectivity index (χ3n) is 6.38. The van der Waals surface area contributed by atoms with E-state index in [4.69, 9.17) is 16.3 Å². The topological polar surface area (TPSA) is 112 Å². The average Bonchev–Trinajstić information content (AvgIpc) is 2.89. The summed E-state index contributed by atoms with van der Waals surface area (Å²) in [5, 5.41) is 10.7. The van der Waals surface area contributed by atoms with Crippen LogP contribution in [0.3, 0.4) is 0 Å². The van der Waals surface area contributed by atoms with Crippen molar-refractivity contribution in [2.75, 3.05) is 46.2 Å². The smallest absolute Gasteiger partial charge is 0.273 e. The zero-order valence-electron chi connectivity index (χ0n) is 25.0. The van der Waals surface area contributed by atoms with E-state index < -0.39 is 28.4 Å². The summed E-state index contributed by atoms with van der Waals surface area (Å²) in [5.74, 6) is -1.76. The van der Waals surface area contributed by atoms with Gasteiger partial charge in [-0.2, -0.15) is 0 Å². The summed E-state index contributed by atoms with van der Waals surface area (Å²) in [7, 11) is 5.58. The van der Waals surface area contributed by atoms with Gasteiger partial charge in [0.15, 0.2) is 0 Å². The zero-order chi connectivity index (χ0) is 30.7. The number of carbonyl (C=O) groups excluding carboxylic acids is 3. The molecule has 0 bridgehead atoms. The number of benzene rings is 1. The summed E-state index contributed by atoms with van der Waals surface area (Å²) >= 11 is 6.03. The van der Waals surface area contributed by atoms with Crippen molar-refractivity contribution in [3.8, 4) is 0 Å². The van der Waals surface area contributed by atoms with Gasteiger partial charge in [0.2, 0.25) is 5.91 Å². The van der Waals surface area contributed by atoms with Crippen molar-refractivity contribution in [3.05, 3.63) is 65.0 Å². The van der Waals surface area contributed by atoms with Gasteiger partial charge in [0, 0.05) is 56.4 Å². The van der Waals surface area contributed by atoms with E-state index >= 15 is 0 Å². The first-order valence-electron chi connectivity index (χ1n) is 13.7. The van der Waals surface area contributed by atoms with Crippen molar-refractivity contribution >= 4 is 35.0 Å². The van der Waals surface area contributed by atoms with Crippen LogP contribution in [0.5, 0.6) is 0 Å². The molecule has 0 heterocycles. The van der Waals surface area contributed by atoms with Crippen LogP contribution in [0.2, 0.25) is 0 Å². The second-order valence-corrected chi connectivity index (χ2v) is 11.6. The number of nitrogens with one attached hydrogen (secondary N) is 4. The minimum absolute atomic E-state index is 0.00538. The number of nitrogens with zero attached hydrogens (tertiary/aromatic N) is 1. The zero-order valence-corrected chi connectivity index (χ0v) is 25.7. The van der Waals surface area contributed by atoms with Gasteiger partial charge >= 0.3 is 0 Å². The molecule has 0 saturated carbocycles. The highest BCUT2D eigenvalue weighted by molar-refractivity contribution is 6.23. The van der Waals surface area contributed by atoms with E-state index in [2.05, 4.69) is 21.3 Å². The van der Waals surface area contributed by atoms with Gasteiger partial charge in [0.25, 0.3) is 11.8 Å². The number of para-hydroxylation sites is 1. The Morgan fingerprint density at radius 2 is 1.85 bits per heavy atom. The first-order valence-corrected chi connectivity index (χ1v) is 14.1. The Balaban J connectivity index is 2.19. The third-order valence-corrected chi connectivity index (χ3v) is 6.75. The van der Waals surface area contributed by atoms with Crippen molar-refractivity contribution < 1.29 is 23.5 Å². The molecule has 9 nitrogen and oxygen atoms in total. The number of carbonyl (C=O) groups is 3. The van der Waals surface area contributed by atoms with Crippen LogP contribution in [0.25, 0.3) is 0 Å². The number of allylic oxidation sites excluding steroid dienone is 2. The average molecular weight is 592 g/mol. The number of anilines is 1. The molecular formula is C30H43ClFN5O4. The van der Waals surface area contributed by atoms with Gasteiger partial charge in [0.1, 0.15) is 17.3 Å². The molecule has 1 unspecified atom stereocenters. The predicted molar refractivity (Wildman–Crippen MR) is 161 cm³/mol. The maximum absolute atomic E-state index is 14.0. The molecule has 0 fully saturated rings. The molecule has 226 valence electrons. The van der Waals surface area contributed by atoms with Crippen LogP contribution in [0.4, 0.5) is 10.1 Å². The fourth-order valence-corrected chi connectivity index (χ4v) is 4.71. The number of alkyl halides is 1. The maximum atomic E-state index is 14.0. The monoisotopic (exact) mass is 591 g/mol. The maximum Gasteiger partial charge on any atom is 0.273 e. The highest BCUT2D eigenvalue weighted by Gasteiger charge is 2.30. The van der Waals surface area contributed by atoms with Crippen molar-refractivity contribution in [2.45, 2.75) is 45.9 Å². The van der Waals surface area contributed by atoms with E-state index in [0.717, 1.165) is 6.08 Å². The molecule has 1 aliphatic carbocycles. The van der Waals surface area contributed by atoms with E-state index in [9.17, 15) is 18.8 Å². The summed E-state index contributed by atoms with van der Waals surface area (Å²) in [6.45, 7) is 8.43. The molecule has 1 aliphatic rings. The van der Waals surface area contributed by atoms with Gasteiger partial charge in [-0.05, 0) is 38.6 Å². The molecule has 11 heteroatoms. The summed E-state index contributed by atoms with van der Waals surface area (Å²) in [5.41, 5.74) is 0.893. The molecule has 2 atom stereocenters. The second-order valence-electron chi connectivity index (χ2n) is 11.1. The highest BCUT2D eigenvalue weighted by atomic mass is 35.5. The lowest BCUT2D eigenvalue weighted by Gasteiger charge is -2.27. The fourth-order valence-electron chi connectivity index (χ4n) is 4.49. The number of rotatable bonds is 14. The van der Waals surface area contributed by atoms with Gasteiger partial charge in [-0.1, -0.05) is 39.0 Å². The van der Waals surface area contributed by atoms with Crippen molar-refractivity contribution in [2.24, 2.45) is 11.3 Å². The summed E-state index contributed by atoms with van der Waals surface area (Å²) in [4.78, 5) is 41.6. The van der Waals surface area contributed by atoms with E-state index in [-0.39, 0.29) is 54.8 Å². The molecule has 3 amide bonds. The molecule has 0 aliphatic heterocycles. The minimum atomic E-state index is -0.942. The van der Waals surface area contributed by atoms with Gasteiger partial charge in [-0.25, -0.2) is 4.39 Å². The summed E-state index contributed by atoms with van der Waals surface area (Å²) in [6, 6.07) is 8.99.